The Hall–Kier alpha value is -0.600. The minimum Gasteiger partial charge on any atom is -0.478 e. The average Bonchev–Trinajstić information content (AvgIpc) is 2.83. The lowest BCUT2D eigenvalue weighted by molar-refractivity contribution is -0.132. The molecule has 1 atom stereocenters. The molecule has 0 aromatic heterocycles. The first kappa shape index (κ1) is 13.5. The predicted octanol–water partition coefficient (Wildman–Crippen LogP) is 2.33. The molecule has 16 heavy (non-hydrogen) atoms. The number of aliphatic carboxylic acids is 1. The van der Waals surface area contributed by atoms with E-state index in [0.717, 1.165) is 12.8 Å². The molecule has 1 fully saturated rings. The molecule has 1 aliphatic rings. The van der Waals surface area contributed by atoms with Crippen LogP contribution in [0.5, 0.6) is 0 Å². The Balaban J connectivity index is 2.67. The normalized spacial score (nSPS) is 20.9. The zero-order valence-electron chi connectivity index (χ0n) is 9.72. The maximum Gasteiger partial charge on any atom is 0.331 e. The summed E-state index contributed by atoms with van der Waals surface area (Å²) in [7, 11) is -3.34. The maximum absolute atomic E-state index is 11.8. The minimum atomic E-state index is -3.34. The van der Waals surface area contributed by atoms with Crippen molar-refractivity contribution in [3.63, 3.8) is 0 Å². The monoisotopic (exact) mass is 246 g/mol. The lowest BCUT2D eigenvalue weighted by Gasteiger charge is -2.14. The largest absolute Gasteiger partial charge is 0.478 e. The van der Waals surface area contributed by atoms with E-state index < -0.39 is 13.3 Å². The molecule has 0 amide bonds. The average molecular weight is 246 g/mol. The highest BCUT2D eigenvalue weighted by molar-refractivity contribution is 7.58. The van der Waals surface area contributed by atoms with Crippen LogP contribution in [-0.2, 0) is 9.36 Å². The topological polar surface area (TPSA) is 74.6 Å². The van der Waals surface area contributed by atoms with Gasteiger partial charge in [-0.15, -0.1) is 0 Å². The van der Waals surface area contributed by atoms with Gasteiger partial charge in [0.15, 0.2) is 0 Å². The molecule has 1 unspecified atom stereocenters. The number of hydrogen-bond donors (Lipinski definition) is 2. The van der Waals surface area contributed by atoms with Gasteiger partial charge in [0.2, 0.25) is 7.37 Å². The number of carbonyl (C=O) groups is 1. The molecular weight excluding hydrogens is 227 g/mol. The van der Waals surface area contributed by atoms with Crippen molar-refractivity contribution in [2.75, 3.05) is 12.3 Å². The number of carboxylic acid groups (broad SMARTS) is 1. The van der Waals surface area contributed by atoms with Crippen molar-refractivity contribution in [1.82, 2.24) is 0 Å². The molecule has 0 bridgehead atoms. The third-order valence-corrected chi connectivity index (χ3v) is 4.54. The van der Waals surface area contributed by atoms with Crippen molar-refractivity contribution in [2.45, 2.75) is 26.7 Å². The second kappa shape index (κ2) is 5.15. The van der Waals surface area contributed by atoms with Gasteiger partial charge in [-0.25, -0.2) is 4.79 Å². The zero-order chi connectivity index (χ0) is 12.3. The molecule has 2 N–H and O–H groups in total. The van der Waals surface area contributed by atoms with Crippen molar-refractivity contribution in [2.24, 2.45) is 11.8 Å². The Morgan fingerprint density at radius 1 is 1.50 bits per heavy atom. The molecule has 1 aliphatic carbocycles. The highest BCUT2D eigenvalue weighted by atomic mass is 31.2. The van der Waals surface area contributed by atoms with Crippen molar-refractivity contribution < 1.29 is 19.4 Å². The van der Waals surface area contributed by atoms with E-state index in [-0.39, 0.29) is 23.8 Å². The van der Waals surface area contributed by atoms with E-state index in [4.69, 9.17) is 5.11 Å². The van der Waals surface area contributed by atoms with Crippen molar-refractivity contribution in [3.8, 4) is 0 Å². The SMILES string of the molecule is CC(C)CP(=O)(O)CC(=CC1CC1)C(=O)O. The van der Waals surface area contributed by atoms with Crippen LogP contribution >= 0.6 is 7.37 Å². The molecule has 1 saturated carbocycles. The standard InChI is InChI=1S/C11H19O4P/c1-8(2)6-16(14,15)7-10(11(12)13)5-9-3-4-9/h5,8-9H,3-4,6-7H2,1-2H3,(H,12,13)(H,14,15). The third-order valence-electron chi connectivity index (χ3n) is 2.40. The van der Waals surface area contributed by atoms with Gasteiger partial charge in [0.05, 0.1) is 6.16 Å². The van der Waals surface area contributed by atoms with E-state index in [1.165, 1.54) is 0 Å². The van der Waals surface area contributed by atoms with Crippen LogP contribution in [0.3, 0.4) is 0 Å². The molecule has 0 aromatic carbocycles. The molecule has 0 aromatic rings. The molecule has 1 rings (SSSR count). The fraction of sp³-hybridized carbons (Fsp3) is 0.727. The fourth-order valence-corrected chi connectivity index (χ4v) is 3.68. The van der Waals surface area contributed by atoms with Crippen LogP contribution in [0.25, 0.3) is 0 Å². The van der Waals surface area contributed by atoms with E-state index in [2.05, 4.69) is 0 Å². The van der Waals surface area contributed by atoms with Crippen LogP contribution in [0.2, 0.25) is 0 Å². The van der Waals surface area contributed by atoms with Crippen LogP contribution in [0.4, 0.5) is 0 Å². The van der Waals surface area contributed by atoms with Crippen molar-refractivity contribution >= 4 is 13.3 Å². The summed E-state index contributed by atoms with van der Waals surface area (Å²) in [5, 5.41) is 8.95. The maximum atomic E-state index is 11.8. The van der Waals surface area contributed by atoms with Gasteiger partial charge in [0.1, 0.15) is 0 Å². The van der Waals surface area contributed by atoms with E-state index in [1.54, 1.807) is 6.08 Å². The first-order chi connectivity index (χ1) is 7.30. The summed E-state index contributed by atoms with van der Waals surface area (Å²) < 4.78 is 11.8. The van der Waals surface area contributed by atoms with Gasteiger partial charge in [-0.1, -0.05) is 19.9 Å². The Morgan fingerprint density at radius 2 is 2.06 bits per heavy atom. The summed E-state index contributed by atoms with van der Waals surface area (Å²) in [4.78, 5) is 20.6. The minimum absolute atomic E-state index is 0.104. The lowest BCUT2D eigenvalue weighted by atomic mass is 10.2. The zero-order valence-corrected chi connectivity index (χ0v) is 10.6. The summed E-state index contributed by atoms with van der Waals surface area (Å²) in [6.07, 6.45) is 3.62. The lowest BCUT2D eigenvalue weighted by Crippen LogP contribution is -2.09. The molecule has 0 saturated heterocycles. The molecule has 0 aliphatic heterocycles. The van der Waals surface area contributed by atoms with Gasteiger partial charge in [-0.05, 0) is 24.7 Å². The Labute approximate surface area is 95.8 Å². The third kappa shape index (κ3) is 4.95. The second-order valence-electron chi connectivity index (χ2n) is 4.92. The Morgan fingerprint density at radius 3 is 2.44 bits per heavy atom. The highest BCUT2D eigenvalue weighted by Gasteiger charge is 2.27. The van der Waals surface area contributed by atoms with Gasteiger partial charge >= 0.3 is 5.97 Å². The van der Waals surface area contributed by atoms with Crippen LogP contribution in [0.15, 0.2) is 11.6 Å². The van der Waals surface area contributed by atoms with Gasteiger partial charge in [0.25, 0.3) is 0 Å². The van der Waals surface area contributed by atoms with Crippen molar-refractivity contribution in [1.29, 1.82) is 0 Å². The summed E-state index contributed by atoms with van der Waals surface area (Å²) in [5.41, 5.74) is 0.106. The molecule has 0 spiro atoms. The van der Waals surface area contributed by atoms with Crippen LogP contribution in [0.1, 0.15) is 26.7 Å². The molecular formula is C11H19O4P. The first-order valence-corrected chi connectivity index (χ1v) is 7.58. The molecule has 5 heteroatoms. The van der Waals surface area contributed by atoms with Gasteiger partial charge in [-0.2, -0.15) is 0 Å². The fourth-order valence-electron chi connectivity index (χ4n) is 1.64. The van der Waals surface area contributed by atoms with E-state index >= 15 is 0 Å². The Bertz CT molecular complexity index is 342. The summed E-state index contributed by atoms with van der Waals surface area (Å²) in [6, 6.07) is 0. The molecule has 92 valence electrons. The summed E-state index contributed by atoms with van der Waals surface area (Å²) in [5.74, 6) is -0.651. The van der Waals surface area contributed by atoms with Gasteiger partial charge in [-0.3, -0.25) is 4.57 Å². The van der Waals surface area contributed by atoms with E-state index in [9.17, 15) is 14.3 Å². The number of allylic oxidation sites excluding steroid dienone is 1. The molecule has 0 heterocycles. The number of carboxylic acids is 1. The van der Waals surface area contributed by atoms with Crippen LogP contribution in [0, 0.1) is 11.8 Å². The predicted molar refractivity (Wildman–Crippen MR) is 62.8 cm³/mol. The molecule has 4 nitrogen and oxygen atoms in total. The van der Waals surface area contributed by atoms with Crippen LogP contribution < -0.4 is 0 Å². The smallest absolute Gasteiger partial charge is 0.331 e. The van der Waals surface area contributed by atoms with Crippen LogP contribution in [-0.4, -0.2) is 28.3 Å². The van der Waals surface area contributed by atoms with Gasteiger partial charge in [0, 0.05) is 11.7 Å². The summed E-state index contributed by atoms with van der Waals surface area (Å²) >= 11 is 0. The van der Waals surface area contributed by atoms with E-state index in [0.29, 0.717) is 5.92 Å². The number of hydrogen-bond acceptors (Lipinski definition) is 2. The van der Waals surface area contributed by atoms with E-state index in [1.807, 2.05) is 13.8 Å². The molecule has 0 radical (unpaired) electrons. The first-order valence-electron chi connectivity index (χ1n) is 5.55. The summed E-state index contributed by atoms with van der Waals surface area (Å²) in [6.45, 7) is 3.71. The number of rotatable bonds is 6. The van der Waals surface area contributed by atoms with Gasteiger partial charge < -0.3 is 10.00 Å². The Kier molecular flexibility index (Phi) is 4.34. The quantitative estimate of drug-likeness (QED) is 0.557. The highest BCUT2D eigenvalue weighted by Crippen LogP contribution is 2.45. The second-order valence-corrected chi connectivity index (χ2v) is 7.29. The van der Waals surface area contributed by atoms with Crippen molar-refractivity contribution in [3.05, 3.63) is 11.6 Å².